The third-order valence-electron chi connectivity index (χ3n) is 6.75. The number of rotatable bonds is 9. The lowest BCUT2D eigenvalue weighted by Gasteiger charge is -2.46. The van der Waals surface area contributed by atoms with Crippen molar-refractivity contribution in [1.82, 2.24) is 5.32 Å². The molecule has 9 atom stereocenters. The van der Waals surface area contributed by atoms with Gasteiger partial charge in [-0.1, -0.05) is 30.7 Å². The highest BCUT2D eigenvalue weighted by atomic mass is 35.5. The van der Waals surface area contributed by atoms with Crippen LogP contribution in [-0.4, -0.2) is 81.0 Å². The minimum absolute atomic E-state index is 0.0374. The van der Waals surface area contributed by atoms with Crippen LogP contribution in [0.15, 0.2) is 36.0 Å². The highest BCUT2D eigenvalue weighted by Gasteiger charge is 2.51. The summed E-state index contributed by atoms with van der Waals surface area (Å²) in [6.07, 6.45) is 6.62. The van der Waals surface area contributed by atoms with E-state index in [-0.39, 0.29) is 42.4 Å². The van der Waals surface area contributed by atoms with E-state index in [2.05, 4.69) is 12.2 Å². The summed E-state index contributed by atoms with van der Waals surface area (Å²) in [7, 11) is 0. The molecule has 2 fully saturated rings. The first-order valence-corrected chi connectivity index (χ1v) is 13.2. The molecule has 0 aromatic heterocycles. The Kier molecular flexibility index (Phi) is 11.4. The normalized spacial score (nSPS) is 38.1. The molecule has 10 heteroatoms. The van der Waals surface area contributed by atoms with Crippen LogP contribution in [0.4, 0.5) is 0 Å². The molecule has 2 rings (SSSR count). The molecule has 0 bridgehead atoms. The summed E-state index contributed by atoms with van der Waals surface area (Å²) >= 11 is 5.85. The highest BCUT2D eigenvalue weighted by Crippen LogP contribution is 2.36. The number of esters is 1. The molecule has 2 saturated heterocycles. The van der Waals surface area contributed by atoms with Crippen LogP contribution in [-0.2, 0) is 23.8 Å². The van der Waals surface area contributed by atoms with Crippen molar-refractivity contribution in [3.05, 3.63) is 36.0 Å². The summed E-state index contributed by atoms with van der Waals surface area (Å²) in [6, 6.07) is -0.143. The fourth-order valence-corrected chi connectivity index (χ4v) is 4.99. The Balaban J connectivity index is 1.91. The first-order valence-electron chi connectivity index (χ1n) is 12.7. The van der Waals surface area contributed by atoms with E-state index < -0.39 is 35.7 Å². The van der Waals surface area contributed by atoms with E-state index in [0.29, 0.717) is 6.42 Å². The van der Waals surface area contributed by atoms with E-state index >= 15 is 0 Å². The molecule has 9 nitrogen and oxygen atoms in total. The van der Waals surface area contributed by atoms with Crippen LogP contribution in [0.25, 0.3) is 0 Å². The predicted octanol–water partition coefficient (Wildman–Crippen LogP) is 2.51. The molecule has 0 radical (unpaired) electrons. The van der Waals surface area contributed by atoms with Crippen LogP contribution in [0.3, 0.4) is 0 Å². The minimum Gasteiger partial charge on any atom is -0.459 e. The monoisotopic (exact) mass is 543 g/mol. The second-order valence-electron chi connectivity index (χ2n) is 10.5. The molecule has 210 valence electrons. The zero-order valence-corrected chi connectivity index (χ0v) is 23.3. The van der Waals surface area contributed by atoms with Crippen LogP contribution < -0.4 is 5.32 Å². The van der Waals surface area contributed by atoms with Gasteiger partial charge in [-0.15, -0.1) is 11.6 Å². The first kappa shape index (κ1) is 31.5. The Morgan fingerprint density at radius 1 is 1.24 bits per heavy atom. The third kappa shape index (κ3) is 9.50. The summed E-state index contributed by atoms with van der Waals surface area (Å²) in [4.78, 5) is 23.3. The van der Waals surface area contributed by atoms with Gasteiger partial charge in [0.2, 0.25) is 5.91 Å². The maximum absolute atomic E-state index is 12.3. The summed E-state index contributed by atoms with van der Waals surface area (Å²) in [5, 5.41) is 34.4. The standard InChI is InChI=1S/C27H42ClNO8/c1-16(8-11-23-25(32)27(34,15-28)14-26(6,33)37-23)7-10-22-17(2)13-21(19(4)36-22)29-24(31)12-9-18(3)35-20(5)30/h7-9,11-12,17-19,21-23,25,32-34H,10,13-15H2,1-6H3,(H,29,31)/b11-8+,12-9-,16-7?. The van der Waals surface area contributed by atoms with Crippen LogP contribution in [0.2, 0.25) is 0 Å². The number of amides is 1. The van der Waals surface area contributed by atoms with Crippen LogP contribution >= 0.6 is 11.6 Å². The molecular weight excluding hydrogens is 502 g/mol. The summed E-state index contributed by atoms with van der Waals surface area (Å²) in [6.45, 7) is 10.3. The molecule has 0 spiro atoms. The number of halogens is 1. The molecule has 4 N–H and O–H groups in total. The van der Waals surface area contributed by atoms with E-state index in [0.717, 1.165) is 12.0 Å². The van der Waals surface area contributed by atoms with Crippen LogP contribution in [0, 0.1) is 5.92 Å². The van der Waals surface area contributed by atoms with Gasteiger partial charge in [0.1, 0.15) is 23.9 Å². The quantitative estimate of drug-likeness (QED) is 0.151. The lowest BCUT2D eigenvalue weighted by atomic mass is 9.84. The Labute approximate surface area is 224 Å². The van der Waals surface area contributed by atoms with Gasteiger partial charge >= 0.3 is 5.97 Å². The van der Waals surface area contributed by atoms with Crippen molar-refractivity contribution in [2.24, 2.45) is 5.92 Å². The fraction of sp³-hybridized carbons (Fsp3) is 0.704. The summed E-state index contributed by atoms with van der Waals surface area (Å²) in [5.74, 6) is -2.32. The Bertz CT molecular complexity index is 888. The van der Waals surface area contributed by atoms with E-state index in [1.807, 2.05) is 19.9 Å². The summed E-state index contributed by atoms with van der Waals surface area (Å²) < 4.78 is 16.7. The number of hydrogen-bond donors (Lipinski definition) is 4. The van der Waals surface area contributed by atoms with E-state index in [1.165, 1.54) is 26.0 Å². The van der Waals surface area contributed by atoms with Gasteiger partial charge in [-0.3, -0.25) is 9.59 Å². The minimum atomic E-state index is -1.65. The van der Waals surface area contributed by atoms with Gasteiger partial charge in [0.05, 0.1) is 24.1 Å². The third-order valence-corrected chi connectivity index (χ3v) is 7.22. The predicted molar refractivity (Wildman–Crippen MR) is 140 cm³/mol. The number of aliphatic hydroxyl groups excluding tert-OH is 1. The van der Waals surface area contributed by atoms with Gasteiger partial charge in [0.25, 0.3) is 0 Å². The molecular formula is C27H42ClNO8. The van der Waals surface area contributed by atoms with Gasteiger partial charge in [0.15, 0.2) is 5.79 Å². The Hall–Kier alpha value is -1.75. The van der Waals surface area contributed by atoms with Gasteiger partial charge < -0.3 is 34.8 Å². The van der Waals surface area contributed by atoms with Crippen molar-refractivity contribution in [3.63, 3.8) is 0 Å². The van der Waals surface area contributed by atoms with Crippen LogP contribution in [0.5, 0.6) is 0 Å². The Morgan fingerprint density at radius 2 is 1.92 bits per heavy atom. The Morgan fingerprint density at radius 3 is 2.54 bits per heavy atom. The van der Waals surface area contributed by atoms with E-state index in [1.54, 1.807) is 19.1 Å². The molecule has 9 unspecified atom stereocenters. The van der Waals surface area contributed by atoms with Crippen molar-refractivity contribution in [1.29, 1.82) is 0 Å². The molecule has 2 aliphatic heterocycles. The number of carbonyl (C=O) groups excluding carboxylic acids is 2. The first-order chi connectivity index (χ1) is 17.2. The van der Waals surface area contributed by atoms with Crippen molar-refractivity contribution in [2.75, 3.05) is 5.88 Å². The number of hydrogen-bond acceptors (Lipinski definition) is 8. The van der Waals surface area contributed by atoms with Gasteiger partial charge in [-0.25, -0.2) is 0 Å². The van der Waals surface area contributed by atoms with E-state index in [9.17, 15) is 24.9 Å². The topological polar surface area (TPSA) is 135 Å². The summed E-state index contributed by atoms with van der Waals surface area (Å²) in [5.41, 5.74) is -0.749. The number of nitrogens with one attached hydrogen (secondary N) is 1. The number of ether oxygens (including phenoxy) is 3. The van der Waals surface area contributed by atoms with Gasteiger partial charge in [-0.05, 0) is 52.5 Å². The van der Waals surface area contributed by atoms with Crippen molar-refractivity contribution < 1.29 is 39.1 Å². The number of allylic oxidation sites excluding steroid dienone is 2. The molecule has 0 aromatic carbocycles. The number of alkyl halides is 1. The second-order valence-corrected chi connectivity index (χ2v) is 10.8. The maximum Gasteiger partial charge on any atom is 0.303 e. The maximum atomic E-state index is 12.3. The largest absolute Gasteiger partial charge is 0.459 e. The van der Waals surface area contributed by atoms with Gasteiger partial charge in [-0.2, -0.15) is 0 Å². The molecule has 37 heavy (non-hydrogen) atoms. The average molecular weight is 544 g/mol. The van der Waals surface area contributed by atoms with Crippen molar-refractivity contribution >= 4 is 23.5 Å². The molecule has 2 heterocycles. The fourth-order valence-electron chi connectivity index (χ4n) is 4.73. The smallest absolute Gasteiger partial charge is 0.303 e. The van der Waals surface area contributed by atoms with Gasteiger partial charge in [0, 0.05) is 19.4 Å². The highest BCUT2D eigenvalue weighted by molar-refractivity contribution is 6.18. The molecule has 1 amide bonds. The molecule has 0 aliphatic carbocycles. The zero-order chi connectivity index (χ0) is 28.0. The van der Waals surface area contributed by atoms with Crippen molar-refractivity contribution in [2.45, 2.75) is 109 Å². The lowest BCUT2D eigenvalue weighted by Crippen LogP contribution is -2.61. The molecule has 0 aromatic rings. The lowest BCUT2D eigenvalue weighted by molar-refractivity contribution is -0.302. The van der Waals surface area contributed by atoms with Crippen LogP contribution in [0.1, 0.15) is 60.8 Å². The second kappa shape index (κ2) is 13.4. The number of aliphatic hydroxyl groups is 3. The van der Waals surface area contributed by atoms with Crippen molar-refractivity contribution in [3.8, 4) is 0 Å². The molecule has 0 saturated carbocycles. The zero-order valence-electron chi connectivity index (χ0n) is 22.5. The SMILES string of the molecule is CC(=O)OC(C)/C=C\C(=O)NC1CC(C)C(CC=C(C)/C=C/C2OC(C)(O)CC(O)(CCl)C2O)OC1C. The average Bonchev–Trinajstić information content (AvgIpc) is 2.79. The van der Waals surface area contributed by atoms with E-state index in [4.69, 9.17) is 25.8 Å². The number of carbonyl (C=O) groups is 2. The molecule has 2 aliphatic rings.